The molecule has 0 saturated carbocycles. The zero-order chi connectivity index (χ0) is 25.9. The van der Waals surface area contributed by atoms with Crippen molar-refractivity contribution in [3.8, 4) is 0 Å². The Morgan fingerprint density at radius 2 is 1.63 bits per heavy atom. The lowest BCUT2D eigenvalue weighted by atomic mass is 10.0. The molecule has 8 nitrogen and oxygen atoms in total. The fourth-order valence-corrected chi connectivity index (χ4v) is 5.96. The maximum Gasteiger partial charge on any atom is 0.229 e. The van der Waals surface area contributed by atoms with Gasteiger partial charge in [0.2, 0.25) is 5.95 Å². The molecule has 6 rings (SSSR count). The fourth-order valence-electron chi connectivity index (χ4n) is 5.79. The molecule has 3 aromatic rings. The molecule has 1 N–H and O–H groups in total. The Labute approximate surface area is 230 Å². The molecule has 200 valence electrons. The number of benzene rings is 2. The average Bonchev–Trinajstić information content (AvgIpc) is 3.45. The van der Waals surface area contributed by atoms with Crippen LogP contribution in [0.15, 0.2) is 60.8 Å². The largest absolute Gasteiger partial charge is 0.371 e. The average molecular weight is 534 g/mol. The molecule has 0 spiro atoms. The predicted octanol–water partition coefficient (Wildman–Crippen LogP) is 4.97. The number of piperidine rings is 1. The van der Waals surface area contributed by atoms with E-state index < -0.39 is 0 Å². The molecule has 3 aliphatic heterocycles. The van der Waals surface area contributed by atoms with Gasteiger partial charge in [-0.15, -0.1) is 0 Å². The van der Waals surface area contributed by atoms with E-state index in [4.69, 9.17) is 21.4 Å². The van der Waals surface area contributed by atoms with E-state index in [0.717, 1.165) is 31.2 Å². The lowest BCUT2D eigenvalue weighted by Crippen LogP contribution is -2.52. The number of rotatable bonds is 6. The third-order valence-electron chi connectivity index (χ3n) is 8.03. The highest BCUT2D eigenvalue weighted by Gasteiger charge is 2.31. The Balaban J connectivity index is 1.08. The van der Waals surface area contributed by atoms with Gasteiger partial charge in [0.25, 0.3) is 0 Å². The highest BCUT2D eigenvalue weighted by Crippen LogP contribution is 2.37. The Hall–Kier alpha value is -2.91. The summed E-state index contributed by atoms with van der Waals surface area (Å²) in [6, 6.07) is 19.7. The molecule has 38 heavy (non-hydrogen) atoms. The summed E-state index contributed by atoms with van der Waals surface area (Å²) in [4.78, 5) is 22.7. The SMILES string of the molecule is CN1CCN(C2CCN(c3ccc(Nc4ncc(Cl)c(N5OCC[C@H]5c5ccccc5)n4)cc3)CC2)CC1. The van der Waals surface area contributed by atoms with Crippen molar-refractivity contribution in [3.05, 3.63) is 71.4 Å². The standard InChI is InChI=1S/C29H36ClN7O/c1-34-16-18-36(19-17-34)25-11-14-35(15-12-25)24-9-7-23(8-10-24)32-29-31-21-26(30)28(33-29)37-27(13-20-38-37)22-5-3-2-4-6-22/h2-10,21,25,27H,11-20H2,1H3,(H,31,32,33)/t27-/m0/s1. The van der Waals surface area contributed by atoms with Crippen LogP contribution in [-0.2, 0) is 4.84 Å². The number of anilines is 4. The normalized spacial score (nSPS) is 21.7. The number of hydroxylamine groups is 1. The molecule has 3 fully saturated rings. The molecule has 3 aliphatic rings. The van der Waals surface area contributed by atoms with E-state index in [1.807, 2.05) is 23.3 Å². The first-order valence-corrected chi connectivity index (χ1v) is 14.1. The summed E-state index contributed by atoms with van der Waals surface area (Å²) in [6.07, 6.45) is 4.97. The van der Waals surface area contributed by atoms with Crippen LogP contribution in [-0.4, -0.2) is 78.7 Å². The van der Waals surface area contributed by atoms with Gasteiger partial charge in [-0.1, -0.05) is 41.9 Å². The first-order chi connectivity index (χ1) is 18.6. The van der Waals surface area contributed by atoms with Gasteiger partial charge in [-0.25, -0.2) is 10.0 Å². The number of likely N-dealkylation sites (N-methyl/N-ethyl adjacent to an activating group) is 1. The molecule has 2 aromatic carbocycles. The summed E-state index contributed by atoms with van der Waals surface area (Å²) in [5.41, 5.74) is 3.38. The van der Waals surface area contributed by atoms with Crippen LogP contribution in [0.25, 0.3) is 0 Å². The third-order valence-corrected chi connectivity index (χ3v) is 8.30. The fraction of sp³-hybridized carbons (Fsp3) is 0.448. The molecule has 0 radical (unpaired) electrons. The highest BCUT2D eigenvalue weighted by atomic mass is 35.5. The monoisotopic (exact) mass is 533 g/mol. The molecule has 0 aliphatic carbocycles. The number of piperazine rings is 1. The van der Waals surface area contributed by atoms with Crippen molar-refractivity contribution in [1.29, 1.82) is 0 Å². The minimum Gasteiger partial charge on any atom is -0.371 e. The Morgan fingerprint density at radius 1 is 0.895 bits per heavy atom. The molecule has 0 bridgehead atoms. The molecule has 1 atom stereocenters. The molecular formula is C29H36ClN7O. The van der Waals surface area contributed by atoms with Crippen molar-refractivity contribution in [2.24, 2.45) is 0 Å². The van der Waals surface area contributed by atoms with Gasteiger partial charge < -0.3 is 15.1 Å². The maximum absolute atomic E-state index is 6.52. The lowest BCUT2D eigenvalue weighted by molar-refractivity contribution is 0.0982. The second kappa shape index (κ2) is 11.5. The second-order valence-corrected chi connectivity index (χ2v) is 10.9. The van der Waals surface area contributed by atoms with E-state index in [2.05, 4.69) is 68.4 Å². The molecular weight excluding hydrogens is 498 g/mol. The molecule has 1 aromatic heterocycles. The summed E-state index contributed by atoms with van der Waals surface area (Å²) >= 11 is 6.52. The number of hydrogen-bond donors (Lipinski definition) is 1. The van der Waals surface area contributed by atoms with Crippen LogP contribution in [0.5, 0.6) is 0 Å². The minimum atomic E-state index is 0.0659. The summed E-state index contributed by atoms with van der Waals surface area (Å²) in [5, 5.41) is 5.63. The number of aromatic nitrogens is 2. The number of nitrogens with zero attached hydrogens (tertiary/aromatic N) is 6. The van der Waals surface area contributed by atoms with Crippen molar-refractivity contribution >= 4 is 34.7 Å². The first kappa shape index (κ1) is 25.4. The highest BCUT2D eigenvalue weighted by molar-refractivity contribution is 6.32. The van der Waals surface area contributed by atoms with Gasteiger partial charge in [0.15, 0.2) is 5.82 Å². The first-order valence-electron chi connectivity index (χ1n) is 13.7. The molecule has 9 heteroatoms. The van der Waals surface area contributed by atoms with Crippen molar-refractivity contribution in [3.63, 3.8) is 0 Å². The third kappa shape index (κ3) is 5.59. The Bertz CT molecular complexity index is 1200. The van der Waals surface area contributed by atoms with Crippen molar-refractivity contribution < 1.29 is 4.84 Å². The number of nitrogens with one attached hydrogen (secondary N) is 1. The molecule has 0 unspecified atom stereocenters. The molecule has 4 heterocycles. The van der Waals surface area contributed by atoms with Crippen molar-refractivity contribution in [2.75, 3.05) is 68.2 Å². The number of halogens is 1. The zero-order valence-electron chi connectivity index (χ0n) is 22.0. The predicted molar refractivity (Wildman–Crippen MR) is 153 cm³/mol. The summed E-state index contributed by atoms with van der Waals surface area (Å²) in [7, 11) is 2.22. The summed E-state index contributed by atoms with van der Waals surface area (Å²) in [5.74, 6) is 1.07. The van der Waals surface area contributed by atoms with Crippen LogP contribution in [0, 0.1) is 0 Å². The smallest absolute Gasteiger partial charge is 0.229 e. The maximum atomic E-state index is 6.52. The van der Waals surface area contributed by atoms with Gasteiger partial charge in [0.05, 0.1) is 18.8 Å². The van der Waals surface area contributed by atoms with E-state index in [1.165, 1.54) is 50.3 Å². The van der Waals surface area contributed by atoms with E-state index in [0.29, 0.717) is 23.4 Å². The minimum absolute atomic E-state index is 0.0659. The summed E-state index contributed by atoms with van der Waals surface area (Å²) in [6.45, 7) is 7.60. The van der Waals surface area contributed by atoms with Crippen LogP contribution < -0.4 is 15.3 Å². The number of hydrogen-bond acceptors (Lipinski definition) is 8. The molecule has 0 amide bonds. The zero-order valence-corrected chi connectivity index (χ0v) is 22.7. The topological polar surface area (TPSA) is 60.0 Å². The second-order valence-electron chi connectivity index (χ2n) is 10.5. The van der Waals surface area contributed by atoms with Gasteiger partial charge in [-0.3, -0.25) is 9.74 Å². The van der Waals surface area contributed by atoms with Gasteiger partial charge in [0.1, 0.15) is 5.02 Å². The van der Waals surface area contributed by atoms with Crippen LogP contribution >= 0.6 is 11.6 Å². The van der Waals surface area contributed by atoms with E-state index in [9.17, 15) is 0 Å². The van der Waals surface area contributed by atoms with Gasteiger partial charge in [-0.05, 0) is 49.7 Å². The van der Waals surface area contributed by atoms with E-state index in [-0.39, 0.29) is 6.04 Å². The van der Waals surface area contributed by atoms with Gasteiger partial charge in [-0.2, -0.15) is 4.98 Å². The van der Waals surface area contributed by atoms with Gasteiger partial charge in [0, 0.05) is 63.1 Å². The summed E-state index contributed by atoms with van der Waals surface area (Å²) < 4.78 is 0. The Kier molecular flexibility index (Phi) is 7.65. The van der Waals surface area contributed by atoms with Crippen molar-refractivity contribution in [1.82, 2.24) is 19.8 Å². The molecule has 3 saturated heterocycles. The van der Waals surface area contributed by atoms with Crippen LogP contribution in [0.4, 0.5) is 23.1 Å². The van der Waals surface area contributed by atoms with Crippen LogP contribution in [0.1, 0.15) is 30.9 Å². The lowest BCUT2D eigenvalue weighted by Gasteiger charge is -2.42. The Morgan fingerprint density at radius 3 is 2.37 bits per heavy atom. The van der Waals surface area contributed by atoms with Crippen LogP contribution in [0.3, 0.4) is 0 Å². The van der Waals surface area contributed by atoms with Crippen LogP contribution in [0.2, 0.25) is 5.02 Å². The van der Waals surface area contributed by atoms with E-state index in [1.54, 1.807) is 6.20 Å². The van der Waals surface area contributed by atoms with Gasteiger partial charge >= 0.3 is 0 Å². The van der Waals surface area contributed by atoms with Crippen molar-refractivity contribution in [2.45, 2.75) is 31.3 Å². The quantitative estimate of drug-likeness (QED) is 0.476. The van der Waals surface area contributed by atoms with E-state index >= 15 is 0 Å².